The predicted molar refractivity (Wildman–Crippen MR) is 52.9 cm³/mol. The molecule has 3 nitrogen and oxygen atoms in total. The van der Waals surface area contributed by atoms with E-state index in [4.69, 9.17) is 5.73 Å². The molecule has 0 heterocycles. The molecule has 0 spiro atoms. The smallest absolute Gasteiger partial charge is 0.167 e. The second-order valence-corrected chi connectivity index (χ2v) is 6.18. The molecule has 1 saturated carbocycles. The minimum atomic E-state index is -3.13. The molecule has 1 fully saturated rings. The van der Waals surface area contributed by atoms with Crippen LogP contribution in [-0.4, -0.2) is 19.5 Å². The zero-order valence-electron chi connectivity index (χ0n) is 8.12. The van der Waals surface area contributed by atoms with E-state index in [0.717, 1.165) is 25.7 Å². The van der Waals surface area contributed by atoms with Gasteiger partial charge >= 0.3 is 0 Å². The minimum absolute atomic E-state index is 0.0960. The lowest BCUT2D eigenvalue weighted by atomic mass is 9.89. The van der Waals surface area contributed by atoms with Gasteiger partial charge in [-0.1, -0.05) is 26.2 Å². The van der Waals surface area contributed by atoms with Crippen LogP contribution in [0.3, 0.4) is 0 Å². The van der Waals surface area contributed by atoms with E-state index < -0.39 is 15.2 Å². The van der Waals surface area contributed by atoms with E-state index >= 15 is 0 Å². The van der Waals surface area contributed by atoms with Gasteiger partial charge in [-0.15, -0.1) is 0 Å². The maximum atomic E-state index is 11.4. The van der Waals surface area contributed by atoms with E-state index in [1.165, 1.54) is 6.42 Å². The Kier molecular flexibility index (Phi) is 3.74. The summed E-state index contributed by atoms with van der Waals surface area (Å²) in [5, 5.41) is -0.863. The lowest BCUT2D eigenvalue weighted by Crippen LogP contribution is -2.33. The quantitative estimate of drug-likeness (QED) is 0.701. The van der Waals surface area contributed by atoms with Crippen molar-refractivity contribution >= 4 is 9.84 Å². The first-order valence-corrected chi connectivity index (χ1v) is 6.72. The summed E-state index contributed by atoms with van der Waals surface area (Å²) in [4.78, 5) is 0. The van der Waals surface area contributed by atoms with Gasteiger partial charge in [-0.2, -0.15) is 0 Å². The molecule has 0 saturated heterocycles. The normalized spacial score (nSPS) is 22.9. The summed E-state index contributed by atoms with van der Waals surface area (Å²) in [6.07, 6.45) is 5.24. The van der Waals surface area contributed by atoms with Crippen LogP contribution >= 0.6 is 0 Å². The van der Waals surface area contributed by atoms with Crippen molar-refractivity contribution < 1.29 is 8.42 Å². The van der Waals surface area contributed by atoms with Crippen LogP contribution in [0.1, 0.15) is 39.0 Å². The largest absolute Gasteiger partial charge is 0.238 e. The van der Waals surface area contributed by atoms with Gasteiger partial charge in [0.25, 0.3) is 0 Å². The second-order valence-electron chi connectivity index (χ2n) is 3.77. The average molecular weight is 204 g/mol. The average Bonchev–Trinajstić information content (AvgIpc) is 2.18. The van der Waals surface area contributed by atoms with Crippen molar-refractivity contribution in [1.82, 2.24) is 5.73 Å². The highest BCUT2D eigenvalue weighted by Crippen LogP contribution is 2.28. The van der Waals surface area contributed by atoms with Crippen LogP contribution in [0, 0.1) is 5.92 Å². The first kappa shape index (κ1) is 11.0. The van der Waals surface area contributed by atoms with Gasteiger partial charge in [0.2, 0.25) is 0 Å². The molecule has 4 heteroatoms. The maximum Gasteiger partial charge on any atom is 0.167 e. The first-order valence-electron chi connectivity index (χ1n) is 5.00. The first-order chi connectivity index (χ1) is 6.08. The molecule has 0 amide bonds. The van der Waals surface area contributed by atoms with Gasteiger partial charge in [0, 0.05) is 5.75 Å². The predicted octanol–water partition coefficient (Wildman–Crippen LogP) is 1.61. The summed E-state index contributed by atoms with van der Waals surface area (Å²) in [6, 6.07) is 0. The van der Waals surface area contributed by atoms with Crippen molar-refractivity contribution in [1.29, 1.82) is 0 Å². The molecular formula is C9H18NO2S. The van der Waals surface area contributed by atoms with Crippen LogP contribution in [0.4, 0.5) is 0 Å². The maximum absolute atomic E-state index is 11.4. The van der Waals surface area contributed by atoms with Crippen molar-refractivity contribution in [2.24, 2.45) is 5.92 Å². The highest BCUT2D eigenvalue weighted by atomic mass is 32.2. The molecule has 1 atom stereocenters. The third-order valence-electron chi connectivity index (χ3n) is 2.87. The van der Waals surface area contributed by atoms with Gasteiger partial charge in [0.15, 0.2) is 9.84 Å². The molecule has 0 aromatic carbocycles. The summed E-state index contributed by atoms with van der Waals surface area (Å²) in [5.41, 5.74) is 7.68. The van der Waals surface area contributed by atoms with Gasteiger partial charge in [-0.05, 0) is 18.8 Å². The number of rotatable bonds is 3. The fourth-order valence-electron chi connectivity index (χ4n) is 1.91. The number of sulfone groups is 1. The number of hydrogen-bond acceptors (Lipinski definition) is 2. The third-order valence-corrected chi connectivity index (χ3v) is 4.83. The van der Waals surface area contributed by atoms with Crippen molar-refractivity contribution in [3.8, 4) is 0 Å². The van der Waals surface area contributed by atoms with Crippen LogP contribution in [0.5, 0.6) is 0 Å². The molecule has 0 aromatic heterocycles. The summed E-state index contributed by atoms with van der Waals surface area (Å²) >= 11 is 0. The summed E-state index contributed by atoms with van der Waals surface area (Å²) < 4.78 is 22.8. The van der Waals surface area contributed by atoms with E-state index in [2.05, 4.69) is 0 Å². The highest BCUT2D eigenvalue weighted by Gasteiger charge is 2.29. The van der Waals surface area contributed by atoms with Crippen LogP contribution in [0.2, 0.25) is 0 Å². The van der Waals surface area contributed by atoms with E-state index in [1.807, 2.05) is 0 Å². The molecular weight excluding hydrogens is 186 g/mol. The Bertz CT molecular complexity index is 242. The zero-order chi connectivity index (χ0) is 9.90. The van der Waals surface area contributed by atoms with Crippen molar-refractivity contribution in [2.75, 3.05) is 5.75 Å². The van der Waals surface area contributed by atoms with E-state index in [9.17, 15) is 8.42 Å². The topological polar surface area (TPSA) is 57.9 Å². The van der Waals surface area contributed by atoms with Crippen LogP contribution < -0.4 is 5.73 Å². The fourth-order valence-corrected chi connectivity index (χ4v) is 3.13. The van der Waals surface area contributed by atoms with Gasteiger partial charge in [-0.25, -0.2) is 14.2 Å². The molecule has 1 aliphatic rings. The SMILES string of the molecule is CCS(=O)(=O)C([NH])C1CCCCC1. The van der Waals surface area contributed by atoms with Crippen LogP contribution in [0.15, 0.2) is 0 Å². The lowest BCUT2D eigenvalue weighted by molar-refractivity contribution is 0.339. The van der Waals surface area contributed by atoms with Gasteiger partial charge in [-0.3, -0.25) is 0 Å². The fraction of sp³-hybridized carbons (Fsp3) is 1.00. The second kappa shape index (κ2) is 4.42. The number of nitrogens with one attached hydrogen (secondary N) is 1. The van der Waals surface area contributed by atoms with Crippen molar-refractivity contribution in [2.45, 2.75) is 44.4 Å². The Morgan fingerprint density at radius 1 is 1.31 bits per heavy atom. The molecule has 1 unspecified atom stereocenters. The Morgan fingerprint density at radius 2 is 1.85 bits per heavy atom. The van der Waals surface area contributed by atoms with E-state index in [0.29, 0.717) is 0 Å². The number of hydrogen-bond donors (Lipinski definition) is 0. The molecule has 0 aliphatic heterocycles. The van der Waals surface area contributed by atoms with Gasteiger partial charge in [0.1, 0.15) is 5.37 Å². The molecule has 0 aromatic rings. The zero-order valence-corrected chi connectivity index (χ0v) is 8.94. The van der Waals surface area contributed by atoms with Crippen LogP contribution in [-0.2, 0) is 9.84 Å². The molecule has 1 aliphatic carbocycles. The molecule has 13 heavy (non-hydrogen) atoms. The molecule has 0 bridgehead atoms. The molecule has 77 valence electrons. The molecule has 1 N–H and O–H groups in total. The molecule has 1 rings (SSSR count). The Balaban J connectivity index is 2.60. The van der Waals surface area contributed by atoms with Gasteiger partial charge < -0.3 is 0 Å². The third kappa shape index (κ3) is 2.68. The Morgan fingerprint density at radius 3 is 2.31 bits per heavy atom. The van der Waals surface area contributed by atoms with Crippen molar-refractivity contribution in [3.63, 3.8) is 0 Å². The Labute approximate surface area is 80.6 Å². The lowest BCUT2D eigenvalue weighted by Gasteiger charge is -2.26. The molecule has 1 radical (unpaired) electrons. The standard InChI is InChI=1S/C9H18NO2S/c1-2-13(11,12)9(10)8-6-4-3-5-7-8/h8-10H,2-7H2,1H3. The monoisotopic (exact) mass is 204 g/mol. The summed E-state index contributed by atoms with van der Waals surface area (Å²) in [6.45, 7) is 1.62. The Hall–Kier alpha value is -0.0900. The summed E-state index contributed by atoms with van der Waals surface area (Å²) in [7, 11) is -3.13. The van der Waals surface area contributed by atoms with Gasteiger partial charge in [0.05, 0.1) is 0 Å². The van der Waals surface area contributed by atoms with Crippen LogP contribution in [0.25, 0.3) is 0 Å². The van der Waals surface area contributed by atoms with Crippen molar-refractivity contribution in [3.05, 3.63) is 0 Å². The summed E-state index contributed by atoms with van der Waals surface area (Å²) in [5.74, 6) is 0.205. The highest BCUT2D eigenvalue weighted by molar-refractivity contribution is 7.91. The minimum Gasteiger partial charge on any atom is -0.238 e. The van der Waals surface area contributed by atoms with E-state index in [1.54, 1.807) is 6.92 Å². The van der Waals surface area contributed by atoms with E-state index in [-0.39, 0.29) is 11.7 Å².